The number of amides is 3. The summed E-state index contributed by atoms with van der Waals surface area (Å²) in [5.74, 6) is -0.266. The number of hydrogen-bond donors (Lipinski definition) is 2. The third-order valence-corrected chi connectivity index (χ3v) is 5.02. The normalized spacial score (nSPS) is 30.4. The van der Waals surface area contributed by atoms with Crippen LogP contribution >= 0.6 is 11.8 Å². The van der Waals surface area contributed by atoms with Gasteiger partial charge in [-0.3, -0.25) is 4.79 Å². The molecule has 0 saturated carbocycles. The summed E-state index contributed by atoms with van der Waals surface area (Å²) in [6.07, 6.45) is 0.522. The first-order valence-corrected chi connectivity index (χ1v) is 7.66. The molecule has 112 valence electrons. The van der Waals surface area contributed by atoms with E-state index < -0.39 is 23.3 Å². The van der Waals surface area contributed by atoms with Crippen molar-refractivity contribution in [3.05, 3.63) is 0 Å². The fourth-order valence-corrected chi connectivity index (χ4v) is 3.58. The van der Waals surface area contributed by atoms with Crippen LogP contribution in [0.5, 0.6) is 0 Å². The Hall–Kier alpha value is -1.44. The van der Waals surface area contributed by atoms with Gasteiger partial charge in [0.1, 0.15) is 6.04 Å². The molecule has 8 heteroatoms. The molecule has 2 aliphatic heterocycles. The lowest BCUT2D eigenvalue weighted by Crippen LogP contribution is -2.54. The number of carbonyl (C=O) groups excluding carboxylic acids is 2. The highest BCUT2D eigenvalue weighted by atomic mass is 32.2. The highest BCUT2D eigenvalue weighted by molar-refractivity contribution is 7.99. The van der Waals surface area contributed by atoms with E-state index in [4.69, 9.17) is 5.73 Å². The smallest absolute Gasteiger partial charge is 0.327 e. The molecule has 2 unspecified atom stereocenters. The largest absolute Gasteiger partial charge is 0.480 e. The molecule has 2 saturated heterocycles. The Balaban J connectivity index is 2.08. The van der Waals surface area contributed by atoms with Gasteiger partial charge in [0.2, 0.25) is 5.91 Å². The molecule has 0 aromatic carbocycles. The number of likely N-dealkylation sites (tertiary alicyclic amines) is 1. The molecule has 0 spiro atoms. The van der Waals surface area contributed by atoms with Crippen LogP contribution in [0.3, 0.4) is 0 Å². The Morgan fingerprint density at radius 2 is 2.05 bits per heavy atom. The number of nitrogens with two attached hydrogens (primary N) is 1. The first-order chi connectivity index (χ1) is 9.35. The highest BCUT2D eigenvalue weighted by Crippen LogP contribution is 2.31. The van der Waals surface area contributed by atoms with Gasteiger partial charge in [-0.2, -0.15) is 11.8 Å². The van der Waals surface area contributed by atoms with Crippen LogP contribution in [-0.2, 0) is 9.59 Å². The lowest BCUT2D eigenvalue weighted by Gasteiger charge is -2.35. The summed E-state index contributed by atoms with van der Waals surface area (Å²) in [6.45, 7) is 2.86. The molecule has 2 aliphatic rings. The molecule has 7 nitrogen and oxygen atoms in total. The number of carbonyl (C=O) groups is 3. The second-order valence-corrected chi connectivity index (χ2v) is 6.65. The first-order valence-electron chi connectivity index (χ1n) is 6.51. The Morgan fingerprint density at radius 1 is 1.35 bits per heavy atom. The quantitative estimate of drug-likeness (QED) is 0.735. The van der Waals surface area contributed by atoms with Gasteiger partial charge in [0, 0.05) is 31.1 Å². The number of hydrogen-bond acceptors (Lipinski definition) is 4. The van der Waals surface area contributed by atoms with Gasteiger partial charge < -0.3 is 20.6 Å². The third-order valence-electron chi connectivity index (χ3n) is 4.00. The Kier molecular flexibility index (Phi) is 4.12. The van der Waals surface area contributed by atoms with Gasteiger partial charge in [0.15, 0.2) is 0 Å². The van der Waals surface area contributed by atoms with Gasteiger partial charge in [-0.1, -0.05) is 0 Å². The highest BCUT2D eigenvalue weighted by Gasteiger charge is 2.43. The van der Waals surface area contributed by atoms with Gasteiger partial charge >= 0.3 is 12.0 Å². The Bertz CT molecular complexity index is 444. The van der Waals surface area contributed by atoms with Gasteiger partial charge in [-0.25, -0.2) is 9.59 Å². The molecular weight excluding hydrogens is 282 g/mol. The molecule has 0 bridgehead atoms. The van der Waals surface area contributed by atoms with Crippen molar-refractivity contribution in [2.45, 2.75) is 19.4 Å². The van der Waals surface area contributed by atoms with Crippen LogP contribution in [0.15, 0.2) is 0 Å². The van der Waals surface area contributed by atoms with Gasteiger partial charge in [-0.05, 0) is 13.3 Å². The van der Waals surface area contributed by atoms with Crippen molar-refractivity contribution in [3.63, 3.8) is 0 Å². The van der Waals surface area contributed by atoms with E-state index >= 15 is 0 Å². The molecule has 2 rings (SSSR count). The minimum absolute atomic E-state index is 0.261. The van der Waals surface area contributed by atoms with E-state index in [1.165, 1.54) is 21.6 Å². The van der Waals surface area contributed by atoms with Crippen molar-refractivity contribution < 1.29 is 19.5 Å². The molecule has 3 amide bonds. The van der Waals surface area contributed by atoms with Crippen LogP contribution in [0.4, 0.5) is 4.79 Å². The summed E-state index contributed by atoms with van der Waals surface area (Å²) in [6, 6.07) is -1.09. The number of primary amides is 1. The summed E-state index contributed by atoms with van der Waals surface area (Å²) in [5, 5.41) is 9.19. The fraction of sp³-hybridized carbons (Fsp3) is 0.750. The molecule has 0 aliphatic carbocycles. The van der Waals surface area contributed by atoms with Crippen LogP contribution in [0.1, 0.15) is 13.3 Å². The van der Waals surface area contributed by atoms with Crippen molar-refractivity contribution in [2.75, 3.05) is 31.1 Å². The molecule has 0 aromatic heterocycles. The van der Waals surface area contributed by atoms with Crippen LogP contribution in [0, 0.1) is 5.41 Å². The topological polar surface area (TPSA) is 104 Å². The minimum Gasteiger partial charge on any atom is -0.480 e. The molecular formula is C12H19N3O4S. The number of rotatable bonds is 2. The lowest BCUT2D eigenvalue weighted by atomic mass is 9.89. The fourth-order valence-electron chi connectivity index (χ4n) is 2.54. The van der Waals surface area contributed by atoms with Gasteiger partial charge in [0.25, 0.3) is 0 Å². The molecule has 2 fully saturated rings. The predicted octanol–water partition coefficient (Wildman–Crippen LogP) is -0.194. The van der Waals surface area contributed by atoms with Crippen LogP contribution in [0.25, 0.3) is 0 Å². The molecule has 20 heavy (non-hydrogen) atoms. The Labute approximate surface area is 121 Å². The van der Waals surface area contributed by atoms with E-state index in [0.717, 1.165) is 5.75 Å². The zero-order valence-electron chi connectivity index (χ0n) is 11.4. The van der Waals surface area contributed by atoms with Crippen LogP contribution in [-0.4, -0.2) is 70.0 Å². The van der Waals surface area contributed by atoms with E-state index in [1.807, 2.05) is 0 Å². The molecule has 3 N–H and O–H groups in total. The Morgan fingerprint density at radius 3 is 2.60 bits per heavy atom. The number of urea groups is 1. The van der Waals surface area contributed by atoms with E-state index in [-0.39, 0.29) is 12.6 Å². The summed E-state index contributed by atoms with van der Waals surface area (Å²) >= 11 is 1.53. The number of nitrogens with zero attached hydrogens (tertiary/aromatic N) is 2. The van der Waals surface area contributed by atoms with Crippen molar-refractivity contribution in [1.82, 2.24) is 9.80 Å². The van der Waals surface area contributed by atoms with Crippen molar-refractivity contribution in [3.8, 4) is 0 Å². The van der Waals surface area contributed by atoms with Gasteiger partial charge in [0.05, 0.1) is 5.41 Å². The summed E-state index contributed by atoms with van der Waals surface area (Å²) in [4.78, 5) is 38.0. The lowest BCUT2D eigenvalue weighted by molar-refractivity contribution is -0.141. The number of aliphatic carboxylic acids is 1. The van der Waals surface area contributed by atoms with Crippen molar-refractivity contribution in [1.29, 1.82) is 0 Å². The summed E-state index contributed by atoms with van der Waals surface area (Å²) in [5.41, 5.74) is 4.65. The van der Waals surface area contributed by atoms with Crippen LogP contribution < -0.4 is 5.73 Å². The third kappa shape index (κ3) is 2.70. The monoisotopic (exact) mass is 301 g/mol. The first kappa shape index (κ1) is 15.0. The van der Waals surface area contributed by atoms with E-state index in [0.29, 0.717) is 25.3 Å². The van der Waals surface area contributed by atoms with E-state index in [1.54, 1.807) is 6.92 Å². The molecule has 0 radical (unpaired) electrons. The van der Waals surface area contributed by atoms with Crippen LogP contribution in [0.2, 0.25) is 0 Å². The number of thioether (sulfide) groups is 1. The SMILES string of the molecule is CC1(C(N)=O)CCN(C(=O)N2CCSCC2C(=O)O)C1. The summed E-state index contributed by atoms with van der Waals surface area (Å²) in [7, 11) is 0. The van der Waals surface area contributed by atoms with Gasteiger partial charge in [-0.15, -0.1) is 0 Å². The standard InChI is InChI=1S/C12H19N3O4S/c1-12(10(13)18)2-3-14(7-12)11(19)15-4-5-20-6-8(15)9(16)17/h8H,2-7H2,1H3,(H2,13,18)(H,16,17). The second-order valence-electron chi connectivity index (χ2n) is 5.50. The second kappa shape index (κ2) is 5.51. The average molecular weight is 301 g/mol. The maximum atomic E-state index is 12.5. The number of carboxylic acid groups (broad SMARTS) is 1. The van der Waals surface area contributed by atoms with E-state index in [9.17, 15) is 19.5 Å². The molecule has 0 aromatic rings. The molecule has 2 atom stereocenters. The minimum atomic E-state index is -0.984. The van der Waals surface area contributed by atoms with Crippen molar-refractivity contribution in [2.24, 2.45) is 11.1 Å². The predicted molar refractivity (Wildman–Crippen MR) is 74.3 cm³/mol. The zero-order valence-corrected chi connectivity index (χ0v) is 12.2. The molecule has 2 heterocycles. The zero-order chi connectivity index (χ0) is 14.9. The maximum absolute atomic E-state index is 12.5. The average Bonchev–Trinajstić information content (AvgIpc) is 2.82. The van der Waals surface area contributed by atoms with Crippen molar-refractivity contribution >= 4 is 29.7 Å². The van der Waals surface area contributed by atoms with E-state index in [2.05, 4.69) is 0 Å². The maximum Gasteiger partial charge on any atom is 0.327 e. The number of carboxylic acids is 1. The summed E-state index contributed by atoms with van der Waals surface area (Å²) < 4.78 is 0.